The molecule has 0 saturated heterocycles. The van der Waals surface area contributed by atoms with E-state index in [1.165, 1.54) is 44.9 Å². The Morgan fingerprint density at radius 1 is 0.875 bits per heavy atom. The second-order valence-corrected chi connectivity index (χ2v) is 8.82. The van der Waals surface area contributed by atoms with Gasteiger partial charge in [0.2, 0.25) is 3.79 Å². The summed E-state index contributed by atoms with van der Waals surface area (Å²) >= 11 is 17.1. The molecule has 0 aliphatic heterocycles. The molecule has 0 bridgehead atoms. The Kier molecular flexibility index (Phi) is 15.4. The lowest BCUT2D eigenvalue weighted by atomic mass is 10.0. The van der Waals surface area contributed by atoms with Crippen LogP contribution in [-0.4, -0.2) is 14.9 Å². The molecule has 24 heavy (non-hydrogen) atoms. The van der Waals surface area contributed by atoms with Gasteiger partial charge >= 0.3 is 5.97 Å². The van der Waals surface area contributed by atoms with Crippen molar-refractivity contribution in [2.75, 3.05) is 0 Å². The lowest BCUT2D eigenvalue weighted by Crippen LogP contribution is -2.27. The van der Waals surface area contributed by atoms with Crippen LogP contribution in [0.15, 0.2) is 12.2 Å². The molecule has 0 heterocycles. The van der Waals surface area contributed by atoms with Gasteiger partial charge in [-0.2, -0.15) is 0 Å². The molecule has 1 atom stereocenters. The minimum atomic E-state index is -1.72. The third kappa shape index (κ3) is 14.4. The highest BCUT2D eigenvalue weighted by atomic mass is 35.6. The fourth-order valence-corrected chi connectivity index (χ4v) is 3.28. The standard InChI is InChI=1S/C19H33Cl3O2/c1-2-3-4-5-6-7-8-9-10-11-12-13-14-15-16-17(18(23)24)19(20,21)22/h9-10,17H,2-8,11-16H2,1H3,(H,23,24)/b10-9-. The Balaban J connectivity index is 3.47. The number of halogens is 3. The van der Waals surface area contributed by atoms with Crippen molar-refractivity contribution >= 4 is 40.8 Å². The predicted octanol–water partition coefficient (Wildman–Crippen LogP) is 7.70. The fourth-order valence-electron chi connectivity index (χ4n) is 2.67. The van der Waals surface area contributed by atoms with E-state index in [0.717, 1.165) is 32.1 Å². The van der Waals surface area contributed by atoms with E-state index >= 15 is 0 Å². The van der Waals surface area contributed by atoms with Gasteiger partial charge in [-0.15, -0.1) is 0 Å². The van der Waals surface area contributed by atoms with Crippen molar-refractivity contribution in [3.8, 4) is 0 Å². The van der Waals surface area contributed by atoms with E-state index in [4.69, 9.17) is 39.9 Å². The van der Waals surface area contributed by atoms with Crippen molar-refractivity contribution in [3.63, 3.8) is 0 Å². The molecule has 1 N–H and O–H groups in total. The first-order valence-corrected chi connectivity index (χ1v) is 10.5. The summed E-state index contributed by atoms with van der Waals surface area (Å²) in [7, 11) is 0. The van der Waals surface area contributed by atoms with Gasteiger partial charge in [-0.25, -0.2) is 0 Å². The molecule has 0 aliphatic rings. The number of allylic oxidation sites excluding steroid dienone is 2. The molecule has 2 nitrogen and oxygen atoms in total. The molecule has 0 aromatic rings. The van der Waals surface area contributed by atoms with Crippen LogP contribution in [0.25, 0.3) is 0 Å². The molecular weight excluding hydrogens is 367 g/mol. The van der Waals surface area contributed by atoms with Crippen LogP contribution in [0.3, 0.4) is 0 Å². The number of hydrogen-bond acceptors (Lipinski definition) is 1. The number of carbonyl (C=O) groups is 1. The number of hydrogen-bond donors (Lipinski definition) is 1. The van der Waals surface area contributed by atoms with Crippen LogP contribution in [0, 0.1) is 5.92 Å². The molecule has 0 aliphatic carbocycles. The third-order valence-corrected chi connectivity index (χ3v) is 4.99. The number of carboxylic acids is 1. The molecular formula is C19H33Cl3O2. The maximum atomic E-state index is 11.0. The topological polar surface area (TPSA) is 37.3 Å². The summed E-state index contributed by atoms with van der Waals surface area (Å²) in [5.41, 5.74) is 0. The zero-order valence-electron chi connectivity index (χ0n) is 14.9. The van der Waals surface area contributed by atoms with Crippen LogP contribution < -0.4 is 0 Å². The highest BCUT2D eigenvalue weighted by molar-refractivity contribution is 6.68. The van der Waals surface area contributed by atoms with Crippen LogP contribution >= 0.6 is 34.8 Å². The highest BCUT2D eigenvalue weighted by Gasteiger charge is 2.37. The van der Waals surface area contributed by atoms with Crippen molar-refractivity contribution in [3.05, 3.63) is 12.2 Å². The second kappa shape index (κ2) is 15.3. The maximum absolute atomic E-state index is 11.0. The molecule has 1 unspecified atom stereocenters. The molecule has 0 fully saturated rings. The van der Waals surface area contributed by atoms with Crippen molar-refractivity contribution in [2.45, 2.75) is 94.2 Å². The maximum Gasteiger partial charge on any atom is 0.310 e. The fraction of sp³-hybridized carbons (Fsp3) is 0.842. The van der Waals surface area contributed by atoms with Gasteiger partial charge in [0.15, 0.2) is 0 Å². The van der Waals surface area contributed by atoms with Crippen LogP contribution in [0.2, 0.25) is 0 Å². The van der Waals surface area contributed by atoms with E-state index in [-0.39, 0.29) is 0 Å². The average Bonchev–Trinajstić information content (AvgIpc) is 2.49. The third-order valence-electron chi connectivity index (χ3n) is 4.20. The molecule has 0 rings (SSSR count). The van der Waals surface area contributed by atoms with E-state index in [1.54, 1.807) is 0 Å². The van der Waals surface area contributed by atoms with E-state index in [9.17, 15) is 4.79 Å². The van der Waals surface area contributed by atoms with Gasteiger partial charge in [0, 0.05) is 0 Å². The lowest BCUT2D eigenvalue weighted by molar-refractivity contribution is -0.141. The Labute approximate surface area is 162 Å². The van der Waals surface area contributed by atoms with Gasteiger partial charge in [0.25, 0.3) is 0 Å². The van der Waals surface area contributed by atoms with Crippen molar-refractivity contribution in [1.29, 1.82) is 0 Å². The van der Waals surface area contributed by atoms with Crippen molar-refractivity contribution in [2.24, 2.45) is 5.92 Å². The van der Waals surface area contributed by atoms with E-state index in [1.807, 2.05) is 0 Å². The Morgan fingerprint density at radius 3 is 1.79 bits per heavy atom. The number of unbranched alkanes of at least 4 members (excludes halogenated alkanes) is 10. The quantitative estimate of drug-likeness (QED) is 0.174. The minimum absolute atomic E-state index is 0.416. The van der Waals surface area contributed by atoms with Gasteiger partial charge in [0.05, 0.1) is 0 Å². The van der Waals surface area contributed by atoms with Crippen molar-refractivity contribution < 1.29 is 9.90 Å². The van der Waals surface area contributed by atoms with Gasteiger partial charge < -0.3 is 5.11 Å². The molecule has 0 aromatic heterocycles. The first-order chi connectivity index (χ1) is 11.4. The number of alkyl halides is 3. The minimum Gasteiger partial charge on any atom is -0.481 e. The normalized spacial score (nSPS) is 13.5. The smallest absolute Gasteiger partial charge is 0.310 e. The van der Waals surface area contributed by atoms with Gasteiger partial charge in [0.1, 0.15) is 5.92 Å². The SMILES string of the molecule is CCCCCCCC/C=C\CCCCCCC(C(=O)O)C(Cl)(Cl)Cl. The number of aliphatic carboxylic acids is 1. The summed E-state index contributed by atoms with van der Waals surface area (Å²) in [5, 5.41) is 9.05. The van der Waals surface area contributed by atoms with Crippen LogP contribution in [0.4, 0.5) is 0 Å². The molecule has 0 saturated carbocycles. The zero-order valence-corrected chi connectivity index (χ0v) is 17.2. The van der Waals surface area contributed by atoms with Gasteiger partial charge in [-0.1, -0.05) is 105 Å². The van der Waals surface area contributed by atoms with E-state index < -0.39 is 15.7 Å². The number of carboxylic acid groups (broad SMARTS) is 1. The zero-order chi connectivity index (χ0) is 18.3. The van der Waals surface area contributed by atoms with Gasteiger partial charge in [-0.3, -0.25) is 4.79 Å². The lowest BCUT2D eigenvalue weighted by Gasteiger charge is -2.19. The first-order valence-electron chi connectivity index (χ1n) is 9.34. The van der Waals surface area contributed by atoms with Crippen molar-refractivity contribution in [1.82, 2.24) is 0 Å². The van der Waals surface area contributed by atoms with Crippen LogP contribution in [-0.2, 0) is 4.79 Å². The number of rotatable bonds is 15. The van der Waals surface area contributed by atoms with Gasteiger partial charge in [-0.05, 0) is 32.1 Å². The Hall–Kier alpha value is 0.0800. The monoisotopic (exact) mass is 398 g/mol. The predicted molar refractivity (Wildman–Crippen MR) is 106 cm³/mol. The Morgan fingerprint density at radius 2 is 1.33 bits per heavy atom. The molecule has 142 valence electrons. The Bertz CT molecular complexity index is 338. The van der Waals surface area contributed by atoms with E-state index in [0.29, 0.717) is 6.42 Å². The molecule has 0 spiro atoms. The van der Waals surface area contributed by atoms with Crippen LogP contribution in [0.1, 0.15) is 90.4 Å². The summed E-state index contributed by atoms with van der Waals surface area (Å²) in [5.74, 6) is -1.95. The summed E-state index contributed by atoms with van der Waals surface area (Å²) in [6.45, 7) is 2.24. The average molecular weight is 400 g/mol. The first kappa shape index (κ1) is 24.1. The highest BCUT2D eigenvalue weighted by Crippen LogP contribution is 2.38. The summed E-state index contributed by atoms with van der Waals surface area (Å²) in [6.07, 6.45) is 19.3. The largest absolute Gasteiger partial charge is 0.481 e. The molecule has 0 amide bonds. The summed E-state index contributed by atoms with van der Waals surface area (Å²) < 4.78 is -1.72. The second-order valence-electron chi connectivity index (χ2n) is 6.45. The van der Waals surface area contributed by atoms with Crippen LogP contribution in [0.5, 0.6) is 0 Å². The molecule has 0 aromatic carbocycles. The molecule has 5 heteroatoms. The summed E-state index contributed by atoms with van der Waals surface area (Å²) in [4.78, 5) is 11.0. The summed E-state index contributed by atoms with van der Waals surface area (Å²) in [6, 6.07) is 0. The molecule has 0 radical (unpaired) electrons. The van der Waals surface area contributed by atoms with E-state index in [2.05, 4.69) is 19.1 Å².